The van der Waals surface area contributed by atoms with Crippen LogP contribution < -0.4 is 10.2 Å². The summed E-state index contributed by atoms with van der Waals surface area (Å²) in [6, 6.07) is 8.19. The summed E-state index contributed by atoms with van der Waals surface area (Å²) in [5.74, 6) is 0.175. The van der Waals surface area contributed by atoms with E-state index in [1.807, 2.05) is 30.0 Å². The van der Waals surface area contributed by atoms with E-state index in [-0.39, 0.29) is 5.91 Å². The predicted molar refractivity (Wildman–Crippen MR) is 65.7 cm³/mol. The highest BCUT2D eigenvalue weighted by molar-refractivity contribution is 5.95. The normalized spacial score (nSPS) is 14.7. The Morgan fingerprint density at radius 2 is 2.25 bits per heavy atom. The summed E-state index contributed by atoms with van der Waals surface area (Å²) in [4.78, 5) is 13.9. The van der Waals surface area contributed by atoms with Gasteiger partial charge in [0, 0.05) is 12.2 Å². The summed E-state index contributed by atoms with van der Waals surface area (Å²) in [7, 11) is 0. The molecule has 0 aliphatic carbocycles. The monoisotopic (exact) mass is 218 g/mol. The number of aryl methyl sites for hydroxylation is 1. The molecule has 1 aromatic carbocycles. The second-order valence-corrected chi connectivity index (χ2v) is 4.06. The zero-order chi connectivity index (χ0) is 11.4. The van der Waals surface area contributed by atoms with Crippen molar-refractivity contribution in [2.45, 2.75) is 19.8 Å². The smallest absolute Gasteiger partial charge is 0.240 e. The first kappa shape index (κ1) is 11.1. The molecule has 0 saturated heterocycles. The van der Waals surface area contributed by atoms with Crippen molar-refractivity contribution in [2.75, 3.05) is 24.5 Å². The maximum Gasteiger partial charge on any atom is 0.240 e. The molecule has 0 fully saturated rings. The van der Waals surface area contributed by atoms with Crippen LogP contribution in [0.3, 0.4) is 0 Å². The molecule has 3 heteroatoms. The van der Waals surface area contributed by atoms with Crippen molar-refractivity contribution in [1.82, 2.24) is 5.32 Å². The Bertz CT molecular complexity index is 376. The second kappa shape index (κ2) is 5.12. The Hall–Kier alpha value is -1.35. The number of anilines is 1. The van der Waals surface area contributed by atoms with E-state index >= 15 is 0 Å². The number of hydrogen-bond acceptors (Lipinski definition) is 2. The lowest BCUT2D eigenvalue weighted by atomic mass is 10.0. The number of rotatable bonds is 3. The molecule has 2 rings (SSSR count). The maximum absolute atomic E-state index is 12.0. The molecule has 0 aromatic heterocycles. The highest BCUT2D eigenvalue weighted by atomic mass is 16.2. The predicted octanol–water partition coefficient (Wildman–Crippen LogP) is 1.58. The van der Waals surface area contributed by atoms with Crippen LogP contribution in [0.15, 0.2) is 24.3 Å². The lowest BCUT2D eigenvalue weighted by Gasteiger charge is -2.29. The van der Waals surface area contributed by atoms with Gasteiger partial charge in [-0.15, -0.1) is 0 Å². The first-order valence-corrected chi connectivity index (χ1v) is 5.92. The first-order chi connectivity index (χ1) is 7.83. The molecule has 0 bridgehead atoms. The van der Waals surface area contributed by atoms with Crippen LogP contribution in [-0.4, -0.2) is 25.5 Å². The lowest BCUT2D eigenvalue weighted by molar-refractivity contribution is -0.117. The fourth-order valence-electron chi connectivity index (χ4n) is 2.12. The molecular weight excluding hydrogens is 200 g/mol. The maximum atomic E-state index is 12.0. The molecule has 3 nitrogen and oxygen atoms in total. The number of nitrogens with one attached hydrogen (secondary N) is 1. The molecule has 0 atom stereocenters. The average molecular weight is 218 g/mol. The zero-order valence-electron chi connectivity index (χ0n) is 9.70. The molecule has 16 heavy (non-hydrogen) atoms. The third kappa shape index (κ3) is 2.25. The van der Waals surface area contributed by atoms with Gasteiger partial charge in [0.15, 0.2) is 0 Å². The number of carbonyl (C=O) groups excluding carboxylic acids is 1. The van der Waals surface area contributed by atoms with Gasteiger partial charge in [0.25, 0.3) is 0 Å². The summed E-state index contributed by atoms with van der Waals surface area (Å²) < 4.78 is 0. The van der Waals surface area contributed by atoms with Crippen LogP contribution in [0.1, 0.15) is 18.9 Å². The van der Waals surface area contributed by atoms with E-state index in [1.54, 1.807) is 0 Å². The van der Waals surface area contributed by atoms with Crippen molar-refractivity contribution in [3.63, 3.8) is 0 Å². The zero-order valence-corrected chi connectivity index (χ0v) is 9.70. The molecule has 0 spiro atoms. The molecule has 1 aliphatic rings. The highest BCUT2D eigenvalue weighted by Gasteiger charge is 2.21. The third-order valence-corrected chi connectivity index (χ3v) is 2.94. The summed E-state index contributed by atoms with van der Waals surface area (Å²) in [5, 5.41) is 3.08. The highest BCUT2D eigenvalue weighted by Crippen LogP contribution is 2.26. The number of likely N-dealkylation sites (N-methyl/N-ethyl adjacent to an activating group) is 1. The number of amides is 1. The number of para-hydroxylation sites is 1. The largest absolute Gasteiger partial charge is 0.311 e. The molecule has 86 valence electrons. The Morgan fingerprint density at radius 3 is 3.06 bits per heavy atom. The van der Waals surface area contributed by atoms with Crippen molar-refractivity contribution >= 4 is 11.6 Å². The molecule has 1 amide bonds. The Kier molecular flexibility index (Phi) is 3.57. The fourth-order valence-corrected chi connectivity index (χ4v) is 2.12. The van der Waals surface area contributed by atoms with E-state index in [9.17, 15) is 4.79 Å². The minimum Gasteiger partial charge on any atom is -0.311 e. The van der Waals surface area contributed by atoms with Crippen LogP contribution in [0.2, 0.25) is 0 Å². The van der Waals surface area contributed by atoms with Crippen LogP contribution >= 0.6 is 0 Å². The van der Waals surface area contributed by atoms with E-state index in [1.165, 1.54) is 5.56 Å². The minimum absolute atomic E-state index is 0.175. The number of carbonyl (C=O) groups is 1. The Labute approximate surface area is 96.5 Å². The van der Waals surface area contributed by atoms with Crippen LogP contribution in [0.25, 0.3) is 0 Å². The number of nitrogens with zero attached hydrogens (tertiary/aromatic N) is 1. The molecule has 1 aliphatic heterocycles. The van der Waals surface area contributed by atoms with Gasteiger partial charge >= 0.3 is 0 Å². The van der Waals surface area contributed by atoms with Gasteiger partial charge in [0.2, 0.25) is 5.91 Å². The minimum atomic E-state index is 0.175. The van der Waals surface area contributed by atoms with Gasteiger partial charge in [-0.25, -0.2) is 0 Å². The number of benzene rings is 1. The van der Waals surface area contributed by atoms with E-state index in [4.69, 9.17) is 0 Å². The first-order valence-electron chi connectivity index (χ1n) is 5.92. The molecule has 0 radical (unpaired) electrons. The molecule has 1 aromatic rings. The van der Waals surface area contributed by atoms with Gasteiger partial charge in [0.05, 0.1) is 6.54 Å². The van der Waals surface area contributed by atoms with E-state index in [0.29, 0.717) is 6.54 Å². The van der Waals surface area contributed by atoms with Crippen molar-refractivity contribution < 1.29 is 4.79 Å². The van der Waals surface area contributed by atoms with Gasteiger partial charge in [-0.2, -0.15) is 0 Å². The SMILES string of the molecule is CCNCC(=O)N1CCCc2ccccc21. The third-order valence-electron chi connectivity index (χ3n) is 2.94. The van der Waals surface area contributed by atoms with E-state index in [0.717, 1.165) is 31.6 Å². The number of hydrogen-bond donors (Lipinski definition) is 1. The van der Waals surface area contributed by atoms with Gasteiger partial charge in [-0.05, 0) is 31.0 Å². The topological polar surface area (TPSA) is 32.3 Å². The summed E-state index contributed by atoms with van der Waals surface area (Å²) in [6.45, 7) is 4.13. The van der Waals surface area contributed by atoms with Gasteiger partial charge in [0.1, 0.15) is 0 Å². The Morgan fingerprint density at radius 1 is 1.44 bits per heavy atom. The molecular formula is C13H18N2O. The van der Waals surface area contributed by atoms with E-state index in [2.05, 4.69) is 11.4 Å². The van der Waals surface area contributed by atoms with Gasteiger partial charge < -0.3 is 10.2 Å². The standard InChI is InChI=1S/C13H18N2O/c1-2-14-10-13(16)15-9-5-7-11-6-3-4-8-12(11)15/h3-4,6,8,14H,2,5,7,9-10H2,1H3. The molecule has 0 unspecified atom stereocenters. The van der Waals surface area contributed by atoms with Gasteiger partial charge in [-0.1, -0.05) is 25.1 Å². The molecule has 1 N–H and O–H groups in total. The van der Waals surface area contributed by atoms with Crippen LogP contribution in [0, 0.1) is 0 Å². The summed E-state index contributed by atoms with van der Waals surface area (Å²) in [6.07, 6.45) is 2.15. The Balaban J connectivity index is 2.15. The summed E-state index contributed by atoms with van der Waals surface area (Å²) in [5.41, 5.74) is 2.38. The van der Waals surface area contributed by atoms with Crippen molar-refractivity contribution in [2.24, 2.45) is 0 Å². The van der Waals surface area contributed by atoms with Crippen molar-refractivity contribution in [3.05, 3.63) is 29.8 Å². The fraction of sp³-hybridized carbons (Fsp3) is 0.462. The van der Waals surface area contributed by atoms with Crippen molar-refractivity contribution in [1.29, 1.82) is 0 Å². The summed E-state index contributed by atoms with van der Waals surface area (Å²) >= 11 is 0. The van der Waals surface area contributed by atoms with Crippen LogP contribution in [0.5, 0.6) is 0 Å². The second-order valence-electron chi connectivity index (χ2n) is 4.06. The van der Waals surface area contributed by atoms with Crippen LogP contribution in [0.4, 0.5) is 5.69 Å². The molecule has 1 heterocycles. The van der Waals surface area contributed by atoms with Crippen LogP contribution in [-0.2, 0) is 11.2 Å². The van der Waals surface area contributed by atoms with E-state index < -0.39 is 0 Å². The number of fused-ring (bicyclic) bond motifs is 1. The lowest BCUT2D eigenvalue weighted by Crippen LogP contribution is -2.41. The van der Waals surface area contributed by atoms with Crippen molar-refractivity contribution in [3.8, 4) is 0 Å². The average Bonchev–Trinajstić information content (AvgIpc) is 2.35. The molecule has 0 saturated carbocycles. The quantitative estimate of drug-likeness (QED) is 0.835. The van der Waals surface area contributed by atoms with Gasteiger partial charge in [-0.3, -0.25) is 4.79 Å².